The maximum Gasteiger partial charge on any atom is 0.172 e. The van der Waals surface area contributed by atoms with Crippen LogP contribution in [0.2, 0.25) is 0 Å². The lowest BCUT2D eigenvalue weighted by Crippen LogP contribution is -2.26. The van der Waals surface area contributed by atoms with Crippen molar-refractivity contribution in [2.75, 3.05) is 18.0 Å². The summed E-state index contributed by atoms with van der Waals surface area (Å²) in [7, 11) is 0. The molecule has 0 fully saturated rings. The van der Waals surface area contributed by atoms with Crippen LogP contribution in [-0.4, -0.2) is 29.1 Å². The summed E-state index contributed by atoms with van der Waals surface area (Å²) in [6.07, 6.45) is 3.35. The van der Waals surface area contributed by atoms with Gasteiger partial charge in [0.1, 0.15) is 0 Å². The number of hydrogen-bond donors (Lipinski definition) is 2. The van der Waals surface area contributed by atoms with Crippen LogP contribution in [0.4, 0.5) is 5.69 Å². The van der Waals surface area contributed by atoms with Crippen LogP contribution in [0.1, 0.15) is 19.4 Å². The van der Waals surface area contributed by atoms with Crippen LogP contribution >= 0.6 is 0 Å². The Balaban J connectivity index is 3.16. The van der Waals surface area contributed by atoms with E-state index in [4.69, 9.17) is 10.9 Å². The van der Waals surface area contributed by atoms with Crippen molar-refractivity contribution in [1.82, 2.24) is 4.98 Å². The minimum atomic E-state index is 0.110. The van der Waals surface area contributed by atoms with E-state index >= 15 is 0 Å². The Morgan fingerprint density at radius 3 is 2.73 bits per heavy atom. The molecule has 82 valence electrons. The van der Waals surface area contributed by atoms with E-state index in [1.807, 2.05) is 13.8 Å². The topological polar surface area (TPSA) is 74.7 Å². The molecule has 1 aromatic rings. The van der Waals surface area contributed by atoms with E-state index < -0.39 is 0 Å². The van der Waals surface area contributed by atoms with Crippen molar-refractivity contribution in [3.8, 4) is 0 Å². The molecular formula is C10H16N4O. The highest BCUT2D eigenvalue weighted by Gasteiger charge is 2.11. The van der Waals surface area contributed by atoms with Crippen molar-refractivity contribution in [3.63, 3.8) is 0 Å². The van der Waals surface area contributed by atoms with Gasteiger partial charge in [0, 0.05) is 24.8 Å². The molecule has 0 unspecified atom stereocenters. The number of aromatic nitrogens is 1. The number of oxime groups is 1. The monoisotopic (exact) mass is 208 g/mol. The molecule has 0 aromatic carbocycles. The number of hydrogen-bond acceptors (Lipinski definition) is 4. The maximum absolute atomic E-state index is 8.66. The Bertz CT molecular complexity index is 347. The SMILES string of the molecule is CCN(CC)c1cnccc1/C(N)=N/O. The lowest BCUT2D eigenvalue weighted by molar-refractivity contribution is 0.318. The van der Waals surface area contributed by atoms with Crippen molar-refractivity contribution in [3.05, 3.63) is 24.0 Å². The van der Waals surface area contributed by atoms with Crippen LogP contribution in [0.25, 0.3) is 0 Å². The maximum atomic E-state index is 8.66. The highest BCUT2D eigenvalue weighted by Crippen LogP contribution is 2.18. The van der Waals surface area contributed by atoms with Gasteiger partial charge in [-0.1, -0.05) is 5.16 Å². The van der Waals surface area contributed by atoms with Crippen LogP contribution in [0, 0.1) is 0 Å². The Morgan fingerprint density at radius 1 is 1.53 bits per heavy atom. The first-order chi connectivity index (χ1) is 7.24. The standard InChI is InChI=1S/C10H16N4O/c1-3-14(4-2)9-7-12-6-5-8(9)10(11)13-15/h5-7,15H,3-4H2,1-2H3,(H2,11,13). The molecule has 15 heavy (non-hydrogen) atoms. The van der Waals surface area contributed by atoms with Gasteiger partial charge in [-0.05, 0) is 19.9 Å². The first-order valence-corrected chi connectivity index (χ1v) is 4.91. The van der Waals surface area contributed by atoms with Crippen LogP contribution in [-0.2, 0) is 0 Å². The average Bonchev–Trinajstić information content (AvgIpc) is 2.30. The van der Waals surface area contributed by atoms with Gasteiger partial charge in [-0.25, -0.2) is 0 Å². The van der Waals surface area contributed by atoms with Gasteiger partial charge in [-0.15, -0.1) is 0 Å². The molecule has 3 N–H and O–H groups in total. The van der Waals surface area contributed by atoms with Crippen LogP contribution < -0.4 is 10.6 Å². The highest BCUT2D eigenvalue weighted by molar-refractivity contribution is 6.01. The molecule has 0 spiro atoms. The average molecular weight is 208 g/mol. The predicted octanol–water partition coefficient (Wildman–Crippen LogP) is 1.02. The molecule has 0 amide bonds. The summed E-state index contributed by atoms with van der Waals surface area (Å²) in [6, 6.07) is 1.74. The molecule has 0 saturated carbocycles. The number of nitrogens with two attached hydrogens (primary N) is 1. The van der Waals surface area contributed by atoms with E-state index in [2.05, 4.69) is 15.0 Å². The van der Waals surface area contributed by atoms with Gasteiger partial charge in [0.15, 0.2) is 5.84 Å². The second-order valence-electron chi connectivity index (χ2n) is 3.05. The van der Waals surface area contributed by atoms with Gasteiger partial charge in [0.05, 0.1) is 11.9 Å². The summed E-state index contributed by atoms with van der Waals surface area (Å²) in [4.78, 5) is 6.14. The third-order valence-corrected chi connectivity index (χ3v) is 2.29. The third-order valence-electron chi connectivity index (χ3n) is 2.29. The summed E-state index contributed by atoms with van der Waals surface area (Å²) in [6.45, 7) is 5.81. The summed E-state index contributed by atoms with van der Waals surface area (Å²) in [5, 5.41) is 11.7. The zero-order chi connectivity index (χ0) is 11.3. The molecule has 1 aromatic heterocycles. The molecular weight excluding hydrogens is 192 g/mol. The molecule has 1 rings (SSSR count). The van der Waals surface area contributed by atoms with Crippen molar-refractivity contribution in [2.45, 2.75) is 13.8 Å². The summed E-state index contributed by atoms with van der Waals surface area (Å²) >= 11 is 0. The molecule has 1 heterocycles. The normalized spacial score (nSPS) is 11.5. The first kappa shape index (κ1) is 11.3. The van der Waals surface area contributed by atoms with Crippen LogP contribution in [0.3, 0.4) is 0 Å². The number of nitrogens with zero attached hydrogens (tertiary/aromatic N) is 3. The fraction of sp³-hybridized carbons (Fsp3) is 0.400. The van der Waals surface area contributed by atoms with Gasteiger partial charge in [0.25, 0.3) is 0 Å². The highest BCUT2D eigenvalue weighted by atomic mass is 16.4. The Labute approximate surface area is 89.2 Å². The van der Waals surface area contributed by atoms with Crippen LogP contribution in [0.5, 0.6) is 0 Å². The lowest BCUT2D eigenvalue weighted by atomic mass is 10.2. The van der Waals surface area contributed by atoms with Gasteiger partial charge in [0.2, 0.25) is 0 Å². The molecule has 0 aliphatic heterocycles. The Kier molecular flexibility index (Phi) is 3.91. The summed E-state index contributed by atoms with van der Waals surface area (Å²) < 4.78 is 0. The smallest absolute Gasteiger partial charge is 0.172 e. The second kappa shape index (κ2) is 5.19. The number of rotatable bonds is 4. The number of anilines is 1. The summed E-state index contributed by atoms with van der Waals surface area (Å²) in [5.41, 5.74) is 7.18. The zero-order valence-electron chi connectivity index (χ0n) is 9.01. The zero-order valence-corrected chi connectivity index (χ0v) is 9.01. The fourth-order valence-electron chi connectivity index (χ4n) is 1.47. The van der Waals surface area contributed by atoms with E-state index in [0.29, 0.717) is 5.56 Å². The lowest BCUT2D eigenvalue weighted by Gasteiger charge is -2.22. The number of amidine groups is 1. The Hall–Kier alpha value is -1.78. The quantitative estimate of drug-likeness (QED) is 0.335. The summed E-state index contributed by atoms with van der Waals surface area (Å²) in [5.74, 6) is 0.110. The van der Waals surface area contributed by atoms with E-state index in [0.717, 1.165) is 18.8 Å². The second-order valence-corrected chi connectivity index (χ2v) is 3.05. The molecule has 0 saturated heterocycles. The minimum absolute atomic E-state index is 0.110. The number of pyridine rings is 1. The molecule has 0 aliphatic rings. The third kappa shape index (κ3) is 2.37. The van der Waals surface area contributed by atoms with Crippen molar-refractivity contribution < 1.29 is 5.21 Å². The van der Waals surface area contributed by atoms with Crippen molar-refractivity contribution in [2.24, 2.45) is 10.9 Å². The van der Waals surface area contributed by atoms with E-state index in [-0.39, 0.29) is 5.84 Å². The van der Waals surface area contributed by atoms with Gasteiger partial charge >= 0.3 is 0 Å². The molecule has 5 nitrogen and oxygen atoms in total. The predicted molar refractivity (Wildman–Crippen MR) is 60.3 cm³/mol. The van der Waals surface area contributed by atoms with E-state index in [1.54, 1.807) is 18.5 Å². The Morgan fingerprint density at radius 2 is 2.20 bits per heavy atom. The van der Waals surface area contributed by atoms with E-state index in [9.17, 15) is 0 Å². The largest absolute Gasteiger partial charge is 0.409 e. The molecule has 0 atom stereocenters. The van der Waals surface area contributed by atoms with Crippen molar-refractivity contribution in [1.29, 1.82) is 0 Å². The van der Waals surface area contributed by atoms with Gasteiger partial charge in [-0.3, -0.25) is 4.98 Å². The molecule has 0 aliphatic carbocycles. The first-order valence-electron chi connectivity index (χ1n) is 4.91. The minimum Gasteiger partial charge on any atom is -0.409 e. The van der Waals surface area contributed by atoms with Gasteiger partial charge < -0.3 is 15.8 Å². The van der Waals surface area contributed by atoms with Gasteiger partial charge in [-0.2, -0.15) is 0 Å². The molecule has 0 radical (unpaired) electrons. The molecule has 0 bridgehead atoms. The molecule has 5 heteroatoms. The van der Waals surface area contributed by atoms with E-state index in [1.165, 1.54) is 0 Å². The fourth-order valence-corrected chi connectivity index (χ4v) is 1.47. The van der Waals surface area contributed by atoms with Crippen molar-refractivity contribution >= 4 is 11.5 Å². The van der Waals surface area contributed by atoms with Crippen LogP contribution in [0.15, 0.2) is 23.6 Å².